The van der Waals surface area contributed by atoms with Crippen molar-refractivity contribution in [2.24, 2.45) is 0 Å². The lowest BCUT2D eigenvalue weighted by atomic mass is 9.68. The predicted molar refractivity (Wildman–Crippen MR) is 222 cm³/mol. The number of hydrogen-bond donors (Lipinski definition) is 0. The van der Waals surface area contributed by atoms with Gasteiger partial charge in [-0.1, -0.05) is 183 Å². The van der Waals surface area contributed by atoms with Gasteiger partial charge in [0.15, 0.2) is 17.5 Å². The Labute approximate surface area is 317 Å². The number of nitrogens with zero attached hydrogens (tertiary/aromatic N) is 3. The van der Waals surface area contributed by atoms with Crippen LogP contribution in [0, 0.1) is 0 Å². The second-order valence-corrected chi connectivity index (χ2v) is 14.7. The molecule has 0 unspecified atom stereocenters. The highest BCUT2D eigenvalue weighted by atomic mass is 15.0. The van der Waals surface area contributed by atoms with Crippen LogP contribution < -0.4 is 0 Å². The highest BCUT2D eigenvalue weighted by molar-refractivity contribution is 5.85. The van der Waals surface area contributed by atoms with Crippen molar-refractivity contribution in [2.45, 2.75) is 37.5 Å². The van der Waals surface area contributed by atoms with Gasteiger partial charge in [-0.3, -0.25) is 0 Å². The van der Waals surface area contributed by atoms with Gasteiger partial charge in [-0.2, -0.15) is 0 Å². The van der Waals surface area contributed by atoms with E-state index >= 15 is 0 Å². The van der Waals surface area contributed by atoms with Crippen molar-refractivity contribution < 1.29 is 0 Å². The predicted octanol–water partition coefficient (Wildman–Crippen LogP) is 13.1. The Hall–Kier alpha value is -6.45. The zero-order valence-electron chi connectivity index (χ0n) is 30.1. The Morgan fingerprint density at radius 3 is 1.31 bits per heavy atom. The Morgan fingerprint density at radius 2 is 0.722 bits per heavy atom. The summed E-state index contributed by atoms with van der Waals surface area (Å²) in [5.74, 6) is 1.98. The second kappa shape index (κ2) is 13.5. The summed E-state index contributed by atoms with van der Waals surface area (Å²) in [6.45, 7) is 0. The largest absolute Gasteiger partial charge is 0.208 e. The van der Waals surface area contributed by atoms with Crippen LogP contribution >= 0.6 is 0 Å². The molecule has 258 valence electrons. The van der Waals surface area contributed by atoms with E-state index in [0.29, 0.717) is 17.5 Å². The van der Waals surface area contributed by atoms with E-state index in [-0.39, 0.29) is 5.41 Å². The number of benzene rings is 7. The van der Waals surface area contributed by atoms with Crippen LogP contribution in [0.2, 0.25) is 0 Å². The summed E-state index contributed by atoms with van der Waals surface area (Å²) in [7, 11) is 0. The smallest absolute Gasteiger partial charge is 0.164 e. The quantitative estimate of drug-likeness (QED) is 0.174. The summed E-state index contributed by atoms with van der Waals surface area (Å²) < 4.78 is 0. The van der Waals surface area contributed by atoms with Gasteiger partial charge in [0.1, 0.15) is 0 Å². The molecular formula is C51H39N3. The van der Waals surface area contributed by atoms with Gasteiger partial charge in [0.2, 0.25) is 0 Å². The Balaban J connectivity index is 0.921. The van der Waals surface area contributed by atoms with Crippen molar-refractivity contribution in [2.75, 3.05) is 0 Å². The lowest BCUT2D eigenvalue weighted by molar-refractivity contribution is 0.353. The van der Waals surface area contributed by atoms with Gasteiger partial charge in [0, 0.05) is 22.1 Å². The van der Waals surface area contributed by atoms with Gasteiger partial charge in [0.05, 0.1) is 0 Å². The molecular weight excluding hydrogens is 655 g/mol. The maximum Gasteiger partial charge on any atom is 0.164 e. The molecule has 3 nitrogen and oxygen atoms in total. The van der Waals surface area contributed by atoms with Crippen LogP contribution in [0.4, 0.5) is 0 Å². The minimum absolute atomic E-state index is 0.199. The average Bonchev–Trinajstić information content (AvgIpc) is 3.52. The van der Waals surface area contributed by atoms with Crippen molar-refractivity contribution in [3.8, 4) is 78.7 Å². The van der Waals surface area contributed by atoms with Crippen LogP contribution in [0.3, 0.4) is 0 Å². The van der Waals surface area contributed by atoms with E-state index in [1.54, 1.807) is 5.56 Å². The molecule has 54 heavy (non-hydrogen) atoms. The van der Waals surface area contributed by atoms with E-state index < -0.39 is 0 Å². The Kier molecular flexibility index (Phi) is 8.06. The van der Waals surface area contributed by atoms with E-state index in [4.69, 9.17) is 15.0 Å². The van der Waals surface area contributed by atoms with Crippen LogP contribution in [0.1, 0.15) is 43.2 Å². The van der Waals surface area contributed by atoms with E-state index in [1.165, 1.54) is 71.0 Å². The summed E-state index contributed by atoms with van der Waals surface area (Å²) in [5.41, 5.74) is 16.2. The number of fused-ring (bicyclic) bond motifs is 5. The maximum absolute atomic E-state index is 4.94. The monoisotopic (exact) mass is 693 g/mol. The topological polar surface area (TPSA) is 38.7 Å². The van der Waals surface area contributed by atoms with E-state index in [1.807, 2.05) is 60.7 Å². The Bertz CT molecular complexity index is 2550. The summed E-state index contributed by atoms with van der Waals surface area (Å²) in [5, 5.41) is 0. The zero-order valence-corrected chi connectivity index (χ0v) is 30.1. The molecule has 3 heteroatoms. The molecule has 0 N–H and O–H groups in total. The van der Waals surface area contributed by atoms with Gasteiger partial charge in [-0.25, -0.2) is 15.0 Å². The van der Waals surface area contributed by atoms with Gasteiger partial charge in [-0.05, 0) is 80.6 Å². The number of aromatic nitrogens is 3. The molecule has 0 bridgehead atoms. The van der Waals surface area contributed by atoms with Gasteiger partial charge in [0.25, 0.3) is 0 Å². The average molecular weight is 694 g/mol. The molecule has 0 atom stereocenters. The summed E-state index contributed by atoms with van der Waals surface area (Å²) in [4.78, 5) is 14.7. The zero-order chi connectivity index (χ0) is 35.9. The third-order valence-electron chi connectivity index (χ3n) is 11.6. The van der Waals surface area contributed by atoms with Crippen LogP contribution in [0.25, 0.3) is 78.7 Å². The molecule has 7 aromatic carbocycles. The van der Waals surface area contributed by atoms with Crippen molar-refractivity contribution in [1.82, 2.24) is 15.0 Å². The molecule has 1 heterocycles. The molecule has 0 saturated heterocycles. The molecule has 0 radical (unpaired) electrons. The minimum atomic E-state index is 0.199. The molecule has 1 spiro atoms. The molecule has 8 aromatic rings. The molecule has 0 aliphatic heterocycles. The van der Waals surface area contributed by atoms with Crippen molar-refractivity contribution in [3.05, 3.63) is 187 Å². The first-order chi connectivity index (χ1) is 26.7. The third-order valence-corrected chi connectivity index (χ3v) is 11.6. The molecule has 2 aliphatic rings. The van der Waals surface area contributed by atoms with E-state index in [2.05, 4.69) is 115 Å². The highest BCUT2D eigenvalue weighted by Crippen LogP contribution is 2.56. The van der Waals surface area contributed by atoms with Gasteiger partial charge >= 0.3 is 0 Å². The summed E-state index contributed by atoms with van der Waals surface area (Å²) in [6.07, 6.45) is 6.51. The van der Waals surface area contributed by atoms with Crippen LogP contribution in [-0.4, -0.2) is 15.0 Å². The van der Waals surface area contributed by atoms with Crippen LogP contribution in [-0.2, 0) is 5.41 Å². The van der Waals surface area contributed by atoms with Gasteiger partial charge in [-0.15, -0.1) is 0 Å². The van der Waals surface area contributed by atoms with Crippen LogP contribution in [0.5, 0.6) is 0 Å². The van der Waals surface area contributed by atoms with Crippen LogP contribution in [0.15, 0.2) is 176 Å². The molecule has 2 aliphatic carbocycles. The fourth-order valence-electron chi connectivity index (χ4n) is 8.82. The molecule has 0 amide bonds. The maximum atomic E-state index is 4.94. The first-order valence-corrected chi connectivity index (χ1v) is 19.1. The summed E-state index contributed by atoms with van der Waals surface area (Å²) in [6, 6.07) is 63.0. The highest BCUT2D eigenvalue weighted by Gasteiger charge is 2.43. The second-order valence-electron chi connectivity index (χ2n) is 14.7. The first kappa shape index (κ1) is 32.2. The minimum Gasteiger partial charge on any atom is -0.208 e. The SMILES string of the molecule is c1ccc(-c2nc(-c3ccccc3)nc(-c3cccc(-c4ccc(-c5ccc(-c6ccc7c(c6)-c6ccccc6C76CCCCC6)cc5)cc4)c3)n2)cc1. The summed E-state index contributed by atoms with van der Waals surface area (Å²) >= 11 is 0. The lowest BCUT2D eigenvalue weighted by Gasteiger charge is -2.36. The third kappa shape index (κ3) is 5.74. The van der Waals surface area contributed by atoms with E-state index in [0.717, 1.165) is 27.8 Å². The normalized spacial score (nSPS) is 14.1. The first-order valence-electron chi connectivity index (χ1n) is 19.1. The standard InChI is InChI=1S/C51H39N3/c1-4-13-39(14-5-1)48-52-49(40-15-6-2-7-16-40)54-50(53-48)43-18-12-17-41(33-43)37-25-21-35(22-26-37)36-23-27-38(28-24-36)42-29-30-47-45(34-42)44-19-8-9-20-46(44)51(47)31-10-3-11-32-51/h1-2,4-9,12-30,33-34H,3,10-11,31-32H2. The molecule has 1 fully saturated rings. The Morgan fingerprint density at radius 1 is 0.296 bits per heavy atom. The number of rotatable bonds is 6. The molecule has 1 saturated carbocycles. The fraction of sp³-hybridized carbons (Fsp3) is 0.118. The number of hydrogen-bond acceptors (Lipinski definition) is 3. The van der Waals surface area contributed by atoms with Crippen molar-refractivity contribution >= 4 is 0 Å². The van der Waals surface area contributed by atoms with E-state index in [9.17, 15) is 0 Å². The van der Waals surface area contributed by atoms with Crippen molar-refractivity contribution in [3.63, 3.8) is 0 Å². The van der Waals surface area contributed by atoms with Crippen molar-refractivity contribution in [1.29, 1.82) is 0 Å². The molecule has 1 aromatic heterocycles. The van der Waals surface area contributed by atoms with Gasteiger partial charge < -0.3 is 0 Å². The lowest BCUT2D eigenvalue weighted by Crippen LogP contribution is -2.27. The molecule has 10 rings (SSSR count). The fourth-order valence-corrected chi connectivity index (χ4v) is 8.82.